The molecule has 1 aliphatic carbocycles. The Kier molecular flexibility index (Phi) is 6.61. The summed E-state index contributed by atoms with van der Waals surface area (Å²) < 4.78 is 2.43. The quantitative estimate of drug-likeness (QED) is 0.193. The van der Waals surface area contributed by atoms with Crippen LogP contribution in [0, 0.1) is 0 Å². The lowest BCUT2D eigenvalue weighted by Gasteiger charge is -2.42. The van der Waals surface area contributed by atoms with Gasteiger partial charge in [0.05, 0.1) is 11.0 Å². The Balaban J connectivity index is 1.25. The lowest BCUT2D eigenvalue weighted by Crippen LogP contribution is -2.33. The van der Waals surface area contributed by atoms with Gasteiger partial charge >= 0.3 is 0 Å². The van der Waals surface area contributed by atoms with Gasteiger partial charge in [-0.1, -0.05) is 125 Å². The number of nitrogens with zero attached hydrogens (tertiary/aromatic N) is 4. The molecule has 4 nitrogen and oxygen atoms in total. The summed E-state index contributed by atoms with van der Waals surface area (Å²) in [7, 11) is 0. The molecular weight excluding hydrogens is 597 g/mol. The predicted octanol–water partition coefficient (Wildman–Crippen LogP) is 11.5. The maximum atomic E-state index is 5.11. The van der Waals surface area contributed by atoms with Crippen molar-refractivity contribution in [3.8, 4) is 39.9 Å². The molecule has 6 aromatic carbocycles. The molecule has 2 aromatic heterocycles. The number of hydrogen-bond donors (Lipinski definition) is 0. The monoisotopic (exact) mass is 634 g/mol. The zero-order valence-electron chi connectivity index (χ0n) is 28.4. The van der Waals surface area contributed by atoms with Crippen LogP contribution in [-0.4, -0.2) is 19.5 Å². The van der Waals surface area contributed by atoms with Gasteiger partial charge in [-0.3, -0.25) is 0 Å². The normalized spacial score (nSPS) is 15.1. The number of benzene rings is 6. The van der Waals surface area contributed by atoms with Gasteiger partial charge in [-0.2, -0.15) is 0 Å². The average molecular weight is 635 g/mol. The molecule has 0 N–H and O–H groups in total. The van der Waals surface area contributed by atoms with E-state index >= 15 is 0 Å². The van der Waals surface area contributed by atoms with E-state index < -0.39 is 0 Å². The van der Waals surface area contributed by atoms with Crippen molar-refractivity contribution in [3.05, 3.63) is 145 Å². The predicted molar refractivity (Wildman–Crippen MR) is 203 cm³/mol. The van der Waals surface area contributed by atoms with Crippen molar-refractivity contribution in [2.75, 3.05) is 0 Å². The molecule has 0 radical (unpaired) electrons. The van der Waals surface area contributed by atoms with E-state index in [1.54, 1.807) is 0 Å². The number of rotatable bonds is 4. The molecule has 1 aliphatic rings. The highest BCUT2D eigenvalue weighted by Crippen LogP contribution is 2.48. The van der Waals surface area contributed by atoms with Crippen LogP contribution in [0.1, 0.15) is 51.7 Å². The summed E-state index contributed by atoms with van der Waals surface area (Å²) in [5, 5.41) is 4.92. The second-order valence-electron chi connectivity index (χ2n) is 14.8. The summed E-state index contributed by atoms with van der Waals surface area (Å²) in [4.78, 5) is 15.2. The van der Waals surface area contributed by atoms with Gasteiger partial charge in [0, 0.05) is 33.2 Å². The zero-order valence-corrected chi connectivity index (χ0v) is 28.4. The molecule has 4 heteroatoms. The van der Waals surface area contributed by atoms with Crippen molar-refractivity contribution in [1.29, 1.82) is 0 Å². The van der Waals surface area contributed by atoms with Crippen LogP contribution in [0.3, 0.4) is 0 Å². The van der Waals surface area contributed by atoms with E-state index in [1.807, 2.05) is 18.2 Å². The van der Waals surface area contributed by atoms with E-state index in [2.05, 4.69) is 148 Å². The van der Waals surface area contributed by atoms with Crippen molar-refractivity contribution in [1.82, 2.24) is 19.5 Å². The molecule has 0 atom stereocenters. The van der Waals surface area contributed by atoms with E-state index in [1.165, 1.54) is 51.2 Å². The molecule has 238 valence electrons. The van der Waals surface area contributed by atoms with E-state index in [-0.39, 0.29) is 10.8 Å². The number of hydrogen-bond acceptors (Lipinski definition) is 3. The SMILES string of the molecule is CC1(C)CCC(C)(C)c2cc3c(cc21)c1ccccc1n3-c1cccc(-c2nc(-c3ccccc3)nc(-c3ccc4ccccc4c3)n2)c1. The van der Waals surface area contributed by atoms with Gasteiger partial charge in [0.25, 0.3) is 0 Å². The first-order valence-corrected chi connectivity index (χ1v) is 17.2. The first kappa shape index (κ1) is 29.5. The maximum Gasteiger partial charge on any atom is 0.164 e. The van der Waals surface area contributed by atoms with Gasteiger partial charge in [-0.05, 0) is 82.0 Å². The smallest absolute Gasteiger partial charge is 0.164 e. The molecule has 0 unspecified atom stereocenters. The third-order valence-corrected chi connectivity index (χ3v) is 10.7. The Bertz CT molecular complexity index is 2560. The lowest BCUT2D eigenvalue weighted by atomic mass is 9.63. The summed E-state index contributed by atoms with van der Waals surface area (Å²) >= 11 is 0. The molecule has 0 amide bonds. The van der Waals surface area contributed by atoms with Gasteiger partial charge in [-0.15, -0.1) is 0 Å². The van der Waals surface area contributed by atoms with Crippen LogP contribution in [0.2, 0.25) is 0 Å². The standard InChI is InChI=1S/C45H38N4/c1-44(2)23-24-45(3,4)38-28-40-36(27-37(38)44)35-19-10-11-20-39(35)49(40)34-18-12-17-32(26-34)42-46-41(30-14-6-5-7-15-30)47-43(48-42)33-22-21-29-13-8-9-16-31(29)25-33/h5-22,25-28H,23-24H2,1-4H3. The molecule has 0 fully saturated rings. The Labute approximate surface area is 287 Å². The molecule has 0 bridgehead atoms. The van der Waals surface area contributed by atoms with E-state index in [0.717, 1.165) is 27.8 Å². The summed E-state index contributed by atoms with van der Waals surface area (Å²) in [6.07, 6.45) is 2.37. The molecule has 9 rings (SSSR count). The van der Waals surface area contributed by atoms with Gasteiger partial charge in [0.2, 0.25) is 0 Å². The largest absolute Gasteiger partial charge is 0.309 e. The summed E-state index contributed by atoms with van der Waals surface area (Å²) in [6.45, 7) is 9.61. The minimum Gasteiger partial charge on any atom is -0.309 e. The number of aromatic nitrogens is 4. The minimum absolute atomic E-state index is 0.111. The fourth-order valence-electron chi connectivity index (χ4n) is 7.77. The van der Waals surface area contributed by atoms with Crippen LogP contribution in [-0.2, 0) is 10.8 Å². The Morgan fingerprint density at radius 1 is 0.449 bits per heavy atom. The molecule has 2 heterocycles. The maximum absolute atomic E-state index is 5.11. The molecule has 8 aromatic rings. The van der Waals surface area contributed by atoms with E-state index in [4.69, 9.17) is 15.0 Å². The van der Waals surface area contributed by atoms with Crippen LogP contribution >= 0.6 is 0 Å². The second-order valence-corrected chi connectivity index (χ2v) is 14.8. The lowest BCUT2D eigenvalue weighted by molar-refractivity contribution is 0.332. The number of fused-ring (bicyclic) bond motifs is 5. The highest BCUT2D eigenvalue weighted by Gasteiger charge is 2.37. The first-order valence-electron chi connectivity index (χ1n) is 17.2. The fourth-order valence-corrected chi connectivity index (χ4v) is 7.77. The van der Waals surface area contributed by atoms with Crippen molar-refractivity contribution in [2.24, 2.45) is 0 Å². The van der Waals surface area contributed by atoms with Crippen LogP contribution in [0.5, 0.6) is 0 Å². The molecule has 0 saturated carbocycles. The first-order chi connectivity index (χ1) is 23.7. The molecule has 0 spiro atoms. The molecular formula is C45H38N4. The van der Waals surface area contributed by atoms with E-state index in [0.29, 0.717) is 17.5 Å². The van der Waals surface area contributed by atoms with Gasteiger partial charge in [0.1, 0.15) is 0 Å². The summed E-state index contributed by atoms with van der Waals surface area (Å²) in [5.74, 6) is 1.97. The Hall–Kier alpha value is -5.61. The topological polar surface area (TPSA) is 43.6 Å². The third-order valence-electron chi connectivity index (χ3n) is 10.7. The van der Waals surface area contributed by atoms with Gasteiger partial charge in [-0.25, -0.2) is 15.0 Å². The number of para-hydroxylation sites is 1. The third kappa shape index (κ3) is 4.93. The van der Waals surface area contributed by atoms with Crippen molar-refractivity contribution in [2.45, 2.75) is 51.4 Å². The van der Waals surface area contributed by atoms with Crippen molar-refractivity contribution < 1.29 is 0 Å². The van der Waals surface area contributed by atoms with Gasteiger partial charge < -0.3 is 4.57 Å². The Morgan fingerprint density at radius 3 is 1.80 bits per heavy atom. The Morgan fingerprint density at radius 2 is 1.04 bits per heavy atom. The van der Waals surface area contributed by atoms with Crippen LogP contribution in [0.4, 0.5) is 0 Å². The highest BCUT2D eigenvalue weighted by molar-refractivity contribution is 6.10. The zero-order chi connectivity index (χ0) is 33.3. The minimum atomic E-state index is 0.111. The van der Waals surface area contributed by atoms with Crippen LogP contribution in [0.15, 0.2) is 133 Å². The highest BCUT2D eigenvalue weighted by atomic mass is 15.0. The average Bonchev–Trinajstić information content (AvgIpc) is 3.47. The van der Waals surface area contributed by atoms with E-state index in [9.17, 15) is 0 Å². The summed E-state index contributed by atoms with van der Waals surface area (Å²) in [5.41, 5.74) is 9.59. The molecule has 49 heavy (non-hydrogen) atoms. The van der Waals surface area contributed by atoms with Crippen molar-refractivity contribution in [3.63, 3.8) is 0 Å². The van der Waals surface area contributed by atoms with Crippen LogP contribution < -0.4 is 0 Å². The summed E-state index contributed by atoms with van der Waals surface area (Å²) in [6, 6.07) is 47.4. The van der Waals surface area contributed by atoms with Crippen LogP contribution in [0.25, 0.3) is 72.4 Å². The van der Waals surface area contributed by atoms with Crippen molar-refractivity contribution >= 4 is 32.6 Å². The fraction of sp³-hybridized carbons (Fsp3) is 0.178. The van der Waals surface area contributed by atoms with Gasteiger partial charge in [0.15, 0.2) is 17.5 Å². The molecule has 0 saturated heterocycles. The molecule has 0 aliphatic heterocycles. The second kappa shape index (κ2) is 11.0.